The lowest BCUT2D eigenvalue weighted by molar-refractivity contribution is 0.417. The molecular weight excluding hydrogens is 175 g/mol. The maximum absolute atomic E-state index is 6.00. The van der Waals surface area contributed by atoms with Crippen LogP contribution in [0.2, 0.25) is 0 Å². The molecule has 0 unspecified atom stereocenters. The number of nitrogens with two attached hydrogens (primary N) is 1. The third-order valence-corrected chi connectivity index (χ3v) is 2.43. The summed E-state index contributed by atoms with van der Waals surface area (Å²) in [6.45, 7) is 4.89. The van der Waals surface area contributed by atoms with Gasteiger partial charge in [0, 0.05) is 6.54 Å². The fourth-order valence-electron chi connectivity index (χ4n) is 1.43. The van der Waals surface area contributed by atoms with Gasteiger partial charge in [0.15, 0.2) is 0 Å². The summed E-state index contributed by atoms with van der Waals surface area (Å²) in [7, 11) is 3.69. The van der Waals surface area contributed by atoms with Crippen LogP contribution in [-0.4, -0.2) is 21.5 Å². The molecule has 4 heteroatoms. The number of hydrogen-bond acceptors (Lipinski definition) is 3. The summed E-state index contributed by atoms with van der Waals surface area (Å²) in [5, 5.41) is 3.21. The van der Waals surface area contributed by atoms with Crippen LogP contribution in [-0.2, 0) is 0 Å². The van der Waals surface area contributed by atoms with Crippen molar-refractivity contribution in [1.82, 2.24) is 0 Å². The minimum atomic E-state index is 0.781. The van der Waals surface area contributed by atoms with Gasteiger partial charge in [-0.15, -0.1) is 0 Å². The molecule has 0 aromatic heterocycles. The van der Waals surface area contributed by atoms with E-state index in [1.54, 1.807) is 7.11 Å². The molecule has 14 heavy (non-hydrogen) atoms. The van der Waals surface area contributed by atoms with E-state index >= 15 is 0 Å². The molecule has 0 atom stereocenters. The van der Waals surface area contributed by atoms with E-state index in [0.29, 0.717) is 0 Å². The van der Waals surface area contributed by atoms with Gasteiger partial charge >= 0.3 is 0 Å². The second-order valence-electron chi connectivity index (χ2n) is 3.34. The molecule has 1 aromatic rings. The summed E-state index contributed by atoms with van der Waals surface area (Å²) in [4.78, 5) is 0. The first kappa shape index (κ1) is 10.8. The lowest BCUT2D eigenvalue weighted by Crippen LogP contribution is -2.14. The van der Waals surface area contributed by atoms with Gasteiger partial charge in [0.05, 0.1) is 12.8 Å². The van der Waals surface area contributed by atoms with Crippen LogP contribution in [0, 0.1) is 6.92 Å². The van der Waals surface area contributed by atoms with Crippen molar-refractivity contribution in [2.24, 2.45) is 0 Å². The predicted octanol–water partition coefficient (Wildman–Crippen LogP) is 0.276. The molecule has 0 spiro atoms. The summed E-state index contributed by atoms with van der Waals surface area (Å²) in [5.74, 6) is 0.812. The van der Waals surface area contributed by atoms with Crippen molar-refractivity contribution in [3.8, 4) is 5.75 Å². The number of benzene rings is 1. The Morgan fingerprint density at radius 3 is 2.71 bits per heavy atom. The zero-order chi connectivity index (χ0) is 10.7. The normalized spacial score (nSPS) is 9.93. The van der Waals surface area contributed by atoms with E-state index in [9.17, 15) is 0 Å². The molecule has 0 aliphatic carbocycles. The molecule has 3 nitrogen and oxygen atoms in total. The van der Waals surface area contributed by atoms with Gasteiger partial charge in [-0.2, -0.15) is 0 Å². The van der Waals surface area contributed by atoms with Gasteiger partial charge in [0.2, 0.25) is 0 Å². The number of hydrogen-bond donors (Lipinski definition) is 2. The minimum Gasteiger partial charge on any atom is -0.495 e. The maximum Gasteiger partial charge on any atom is 0.143 e. The van der Waals surface area contributed by atoms with Crippen LogP contribution in [0.4, 0.5) is 11.4 Å². The standard InChI is InChI=1S/C10H17BN2O/c1-4-13-10-8(14-3)5-7(11)6(2)9(10)12/h5,13H,4,11-12H2,1-3H3. The zero-order valence-electron chi connectivity index (χ0n) is 9.27. The minimum absolute atomic E-state index is 0.781. The monoisotopic (exact) mass is 192 g/mol. The average Bonchev–Trinajstić information content (AvgIpc) is 2.19. The number of methoxy groups -OCH3 is 1. The van der Waals surface area contributed by atoms with Crippen LogP contribution < -0.4 is 21.3 Å². The SMILES string of the molecule is Bc1cc(OC)c(NCC)c(N)c1C. The number of nitrogens with one attached hydrogen (secondary N) is 1. The number of rotatable bonds is 3. The predicted molar refractivity (Wildman–Crippen MR) is 64.5 cm³/mol. The second-order valence-corrected chi connectivity index (χ2v) is 3.34. The lowest BCUT2D eigenvalue weighted by Gasteiger charge is -2.16. The van der Waals surface area contributed by atoms with Gasteiger partial charge in [-0.3, -0.25) is 0 Å². The summed E-state index contributed by atoms with van der Waals surface area (Å²) in [6, 6.07) is 2.00. The summed E-state index contributed by atoms with van der Waals surface area (Å²) in [5.41, 5.74) is 9.95. The highest BCUT2D eigenvalue weighted by molar-refractivity contribution is 6.34. The van der Waals surface area contributed by atoms with Gasteiger partial charge in [0.1, 0.15) is 19.3 Å². The van der Waals surface area contributed by atoms with Crippen LogP contribution in [0.25, 0.3) is 0 Å². The number of anilines is 2. The molecule has 0 saturated heterocycles. The van der Waals surface area contributed by atoms with Crippen molar-refractivity contribution < 1.29 is 4.74 Å². The smallest absolute Gasteiger partial charge is 0.143 e. The van der Waals surface area contributed by atoms with Crippen molar-refractivity contribution in [2.45, 2.75) is 13.8 Å². The molecule has 1 aromatic carbocycles. The lowest BCUT2D eigenvalue weighted by atomic mass is 9.89. The molecule has 0 aliphatic rings. The fraction of sp³-hybridized carbons (Fsp3) is 0.400. The Kier molecular flexibility index (Phi) is 3.28. The zero-order valence-corrected chi connectivity index (χ0v) is 9.27. The van der Waals surface area contributed by atoms with Crippen LogP contribution in [0.1, 0.15) is 12.5 Å². The van der Waals surface area contributed by atoms with E-state index in [4.69, 9.17) is 10.5 Å². The Bertz CT molecular complexity index is 339. The largest absolute Gasteiger partial charge is 0.495 e. The van der Waals surface area contributed by atoms with Gasteiger partial charge in [-0.05, 0) is 25.5 Å². The van der Waals surface area contributed by atoms with E-state index < -0.39 is 0 Å². The third-order valence-electron chi connectivity index (χ3n) is 2.43. The topological polar surface area (TPSA) is 47.3 Å². The van der Waals surface area contributed by atoms with E-state index in [1.165, 1.54) is 0 Å². The van der Waals surface area contributed by atoms with Crippen molar-refractivity contribution >= 4 is 24.7 Å². The quantitative estimate of drug-likeness (QED) is 0.534. The average molecular weight is 192 g/mol. The van der Waals surface area contributed by atoms with Crippen molar-refractivity contribution in [3.05, 3.63) is 11.6 Å². The molecular formula is C10H17BN2O. The van der Waals surface area contributed by atoms with E-state index in [0.717, 1.165) is 34.7 Å². The van der Waals surface area contributed by atoms with Crippen molar-refractivity contribution in [1.29, 1.82) is 0 Å². The Hall–Kier alpha value is -1.32. The number of nitrogen functional groups attached to an aromatic ring is 1. The molecule has 0 saturated carbocycles. The van der Waals surface area contributed by atoms with Crippen LogP contribution in [0.3, 0.4) is 0 Å². The van der Waals surface area contributed by atoms with Crippen LogP contribution in [0.5, 0.6) is 5.75 Å². The molecule has 1 rings (SSSR count). The van der Waals surface area contributed by atoms with Gasteiger partial charge in [-0.25, -0.2) is 0 Å². The molecule has 0 fully saturated rings. The molecule has 0 aliphatic heterocycles. The van der Waals surface area contributed by atoms with Gasteiger partial charge in [-0.1, -0.05) is 5.46 Å². The van der Waals surface area contributed by atoms with Crippen LogP contribution in [0.15, 0.2) is 6.07 Å². The Balaban J connectivity index is 3.29. The summed E-state index contributed by atoms with van der Waals surface area (Å²) in [6.07, 6.45) is 0. The molecule has 76 valence electrons. The van der Waals surface area contributed by atoms with Crippen molar-refractivity contribution in [2.75, 3.05) is 24.7 Å². The highest BCUT2D eigenvalue weighted by atomic mass is 16.5. The van der Waals surface area contributed by atoms with E-state index in [1.807, 2.05) is 27.8 Å². The Morgan fingerprint density at radius 1 is 1.57 bits per heavy atom. The highest BCUT2D eigenvalue weighted by Gasteiger charge is 2.10. The highest BCUT2D eigenvalue weighted by Crippen LogP contribution is 2.31. The Morgan fingerprint density at radius 2 is 2.21 bits per heavy atom. The summed E-state index contributed by atoms with van der Waals surface area (Å²) < 4.78 is 5.27. The number of ether oxygens (including phenoxy) is 1. The first-order valence-electron chi connectivity index (χ1n) is 4.79. The summed E-state index contributed by atoms with van der Waals surface area (Å²) >= 11 is 0. The third kappa shape index (κ3) is 1.79. The Labute approximate surface area is 86.0 Å². The molecule has 0 heterocycles. The van der Waals surface area contributed by atoms with E-state index in [2.05, 4.69) is 5.32 Å². The first-order chi connectivity index (χ1) is 6.61. The molecule has 0 radical (unpaired) electrons. The molecule has 0 amide bonds. The van der Waals surface area contributed by atoms with E-state index in [-0.39, 0.29) is 0 Å². The maximum atomic E-state index is 6.00. The fourth-order valence-corrected chi connectivity index (χ4v) is 1.43. The molecule has 0 bridgehead atoms. The van der Waals surface area contributed by atoms with Gasteiger partial charge in [0.25, 0.3) is 0 Å². The first-order valence-corrected chi connectivity index (χ1v) is 4.79. The van der Waals surface area contributed by atoms with Crippen molar-refractivity contribution in [3.63, 3.8) is 0 Å². The van der Waals surface area contributed by atoms with Crippen LogP contribution >= 0.6 is 0 Å². The van der Waals surface area contributed by atoms with Gasteiger partial charge < -0.3 is 15.8 Å². The molecule has 3 N–H and O–H groups in total. The second kappa shape index (κ2) is 4.27.